The van der Waals surface area contributed by atoms with E-state index in [0.29, 0.717) is 21.3 Å². The number of carbonyl (C=O) groups is 1. The SMILES string of the molecule is N#Cc1ccc(C(=O)N/N=C\c2ccc(OCc3ccccc3C#N)c(Br)c2)c(F)c1. The van der Waals surface area contributed by atoms with Crippen LogP contribution in [0.25, 0.3) is 0 Å². The summed E-state index contributed by atoms with van der Waals surface area (Å²) in [5.74, 6) is -0.948. The monoisotopic (exact) mass is 476 g/mol. The summed E-state index contributed by atoms with van der Waals surface area (Å²) in [6, 6.07) is 19.9. The van der Waals surface area contributed by atoms with Gasteiger partial charge in [-0.3, -0.25) is 4.79 Å². The second kappa shape index (κ2) is 10.1. The lowest BCUT2D eigenvalue weighted by Gasteiger charge is -2.10. The van der Waals surface area contributed by atoms with Crippen molar-refractivity contribution in [3.05, 3.63) is 98.8 Å². The van der Waals surface area contributed by atoms with Crippen LogP contribution in [0.1, 0.15) is 32.6 Å². The van der Waals surface area contributed by atoms with Crippen LogP contribution in [0.4, 0.5) is 4.39 Å². The average molecular weight is 477 g/mol. The highest BCUT2D eigenvalue weighted by atomic mass is 79.9. The molecule has 0 aromatic heterocycles. The van der Waals surface area contributed by atoms with Gasteiger partial charge >= 0.3 is 0 Å². The lowest BCUT2D eigenvalue weighted by molar-refractivity contribution is 0.0951. The summed E-state index contributed by atoms with van der Waals surface area (Å²) < 4.78 is 20.3. The molecule has 0 unspecified atom stereocenters. The molecule has 6 nitrogen and oxygen atoms in total. The molecule has 0 aliphatic heterocycles. The van der Waals surface area contributed by atoms with Gasteiger partial charge in [0.25, 0.3) is 5.91 Å². The van der Waals surface area contributed by atoms with Crippen molar-refractivity contribution < 1.29 is 13.9 Å². The zero-order chi connectivity index (χ0) is 22.2. The van der Waals surface area contributed by atoms with Gasteiger partial charge in [-0.2, -0.15) is 15.6 Å². The van der Waals surface area contributed by atoms with Crippen LogP contribution >= 0.6 is 15.9 Å². The first-order valence-electron chi connectivity index (χ1n) is 8.95. The molecule has 0 aliphatic rings. The maximum atomic E-state index is 13.9. The van der Waals surface area contributed by atoms with Gasteiger partial charge in [0.2, 0.25) is 0 Å². The highest BCUT2D eigenvalue weighted by Crippen LogP contribution is 2.26. The van der Waals surface area contributed by atoms with E-state index >= 15 is 0 Å². The fourth-order valence-corrected chi connectivity index (χ4v) is 3.13. The van der Waals surface area contributed by atoms with E-state index in [1.165, 1.54) is 18.3 Å². The maximum Gasteiger partial charge on any atom is 0.274 e. The number of carbonyl (C=O) groups excluding carboxylic acids is 1. The molecule has 8 heteroatoms. The van der Waals surface area contributed by atoms with Gasteiger partial charge in [-0.05, 0) is 64.0 Å². The van der Waals surface area contributed by atoms with Crippen molar-refractivity contribution in [2.24, 2.45) is 5.10 Å². The second-order valence-electron chi connectivity index (χ2n) is 6.25. The molecule has 0 fully saturated rings. The molecule has 0 radical (unpaired) electrons. The van der Waals surface area contributed by atoms with Gasteiger partial charge in [0.05, 0.1) is 39.5 Å². The average Bonchev–Trinajstić information content (AvgIpc) is 2.78. The summed E-state index contributed by atoms with van der Waals surface area (Å²) in [6.45, 7) is 0.238. The number of benzene rings is 3. The van der Waals surface area contributed by atoms with Gasteiger partial charge in [0.1, 0.15) is 18.2 Å². The van der Waals surface area contributed by atoms with Crippen LogP contribution in [0.3, 0.4) is 0 Å². The number of hydrazone groups is 1. The molecule has 0 atom stereocenters. The highest BCUT2D eigenvalue weighted by molar-refractivity contribution is 9.10. The third-order valence-electron chi connectivity index (χ3n) is 4.20. The largest absolute Gasteiger partial charge is 0.488 e. The topological polar surface area (TPSA) is 98.3 Å². The number of hydrogen-bond acceptors (Lipinski definition) is 5. The van der Waals surface area contributed by atoms with Crippen molar-refractivity contribution in [3.63, 3.8) is 0 Å². The van der Waals surface area contributed by atoms with Gasteiger partial charge in [0, 0.05) is 5.56 Å². The van der Waals surface area contributed by atoms with Crippen LogP contribution in [0.2, 0.25) is 0 Å². The van der Waals surface area contributed by atoms with E-state index in [-0.39, 0.29) is 17.7 Å². The molecule has 0 spiro atoms. The van der Waals surface area contributed by atoms with Gasteiger partial charge in [-0.1, -0.05) is 18.2 Å². The first-order valence-corrected chi connectivity index (χ1v) is 9.74. The molecule has 0 saturated heterocycles. The minimum atomic E-state index is -0.797. The number of amides is 1. The van der Waals surface area contributed by atoms with Crippen LogP contribution in [0.5, 0.6) is 5.75 Å². The van der Waals surface area contributed by atoms with E-state index in [0.717, 1.165) is 11.6 Å². The molecule has 0 bridgehead atoms. The summed E-state index contributed by atoms with van der Waals surface area (Å²) in [5.41, 5.74) is 4.16. The Morgan fingerprint density at radius 3 is 2.65 bits per heavy atom. The Morgan fingerprint density at radius 1 is 1.13 bits per heavy atom. The molecule has 0 heterocycles. The van der Waals surface area contributed by atoms with Crippen molar-refractivity contribution in [2.75, 3.05) is 0 Å². The Hall–Kier alpha value is -4.01. The van der Waals surface area contributed by atoms with Crippen molar-refractivity contribution >= 4 is 28.1 Å². The van der Waals surface area contributed by atoms with Crippen LogP contribution in [0.15, 0.2) is 70.2 Å². The summed E-state index contributed by atoms with van der Waals surface area (Å²) >= 11 is 3.42. The van der Waals surface area contributed by atoms with Gasteiger partial charge in [-0.15, -0.1) is 0 Å². The van der Waals surface area contributed by atoms with Crippen LogP contribution in [-0.2, 0) is 6.61 Å². The van der Waals surface area contributed by atoms with E-state index in [1.54, 1.807) is 36.4 Å². The molecular formula is C23H14BrFN4O2. The summed E-state index contributed by atoms with van der Waals surface area (Å²) in [5, 5.41) is 21.7. The Bertz CT molecular complexity index is 1250. The van der Waals surface area contributed by atoms with Crippen molar-refractivity contribution in [1.29, 1.82) is 10.5 Å². The van der Waals surface area contributed by atoms with Crippen LogP contribution in [-0.4, -0.2) is 12.1 Å². The number of rotatable bonds is 6. The zero-order valence-electron chi connectivity index (χ0n) is 16.0. The molecule has 3 rings (SSSR count). The van der Waals surface area contributed by atoms with Gasteiger partial charge in [-0.25, -0.2) is 9.82 Å². The second-order valence-corrected chi connectivity index (χ2v) is 7.11. The lowest BCUT2D eigenvalue weighted by Crippen LogP contribution is -2.19. The molecular weight excluding hydrogens is 463 g/mol. The Morgan fingerprint density at radius 2 is 1.94 bits per heavy atom. The summed E-state index contributed by atoms with van der Waals surface area (Å²) in [7, 11) is 0. The van der Waals surface area contributed by atoms with E-state index < -0.39 is 11.7 Å². The lowest BCUT2D eigenvalue weighted by atomic mass is 10.1. The Labute approximate surface area is 186 Å². The minimum absolute atomic E-state index is 0.126. The van der Waals surface area contributed by atoms with E-state index in [4.69, 9.17) is 15.3 Å². The normalized spacial score (nSPS) is 10.3. The molecule has 0 aliphatic carbocycles. The van der Waals surface area contributed by atoms with E-state index in [9.17, 15) is 9.18 Å². The van der Waals surface area contributed by atoms with Crippen molar-refractivity contribution in [2.45, 2.75) is 6.61 Å². The molecule has 152 valence electrons. The molecule has 0 saturated carbocycles. The predicted octanol–water partition coefficient (Wildman–Crippen LogP) is 4.67. The Balaban J connectivity index is 1.62. The number of ether oxygens (including phenoxy) is 1. The predicted molar refractivity (Wildman–Crippen MR) is 116 cm³/mol. The standard InChI is InChI=1S/C23H14BrFN4O2/c24-20-9-16(6-8-22(20)31-14-18-4-2-1-3-17(18)12-27)13-28-29-23(30)19-7-5-15(11-26)10-21(19)25/h1-10,13H,14H2,(H,29,30)/b28-13-. The molecule has 1 amide bonds. The summed E-state index contributed by atoms with van der Waals surface area (Å²) in [6.07, 6.45) is 1.40. The first-order chi connectivity index (χ1) is 15.0. The van der Waals surface area contributed by atoms with Gasteiger partial charge in [0.15, 0.2) is 0 Å². The zero-order valence-corrected chi connectivity index (χ0v) is 17.6. The molecule has 3 aromatic rings. The number of nitrogens with zero attached hydrogens (tertiary/aromatic N) is 3. The molecule has 1 N–H and O–H groups in total. The van der Waals surface area contributed by atoms with Gasteiger partial charge < -0.3 is 4.74 Å². The number of nitriles is 2. The van der Waals surface area contributed by atoms with Crippen LogP contribution in [0, 0.1) is 28.5 Å². The number of nitrogens with one attached hydrogen (secondary N) is 1. The minimum Gasteiger partial charge on any atom is -0.488 e. The van der Waals surface area contributed by atoms with Crippen LogP contribution < -0.4 is 10.2 Å². The highest BCUT2D eigenvalue weighted by Gasteiger charge is 2.11. The smallest absolute Gasteiger partial charge is 0.274 e. The fraction of sp³-hybridized carbons (Fsp3) is 0.0435. The maximum absolute atomic E-state index is 13.9. The quantitative estimate of drug-likeness (QED) is 0.412. The van der Waals surface area contributed by atoms with E-state index in [1.807, 2.05) is 12.1 Å². The third kappa shape index (κ3) is 5.53. The Kier molecular flexibility index (Phi) is 7.10. The number of hydrogen-bond donors (Lipinski definition) is 1. The fourth-order valence-electron chi connectivity index (χ4n) is 2.62. The molecule has 31 heavy (non-hydrogen) atoms. The van der Waals surface area contributed by atoms with Crippen molar-refractivity contribution in [3.8, 4) is 17.9 Å². The molecule has 3 aromatic carbocycles. The number of halogens is 2. The first kappa shape index (κ1) is 21.7. The van der Waals surface area contributed by atoms with E-state index in [2.05, 4.69) is 32.5 Å². The summed E-state index contributed by atoms with van der Waals surface area (Å²) in [4.78, 5) is 12.0. The third-order valence-corrected chi connectivity index (χ3v) is 4.82. The van der Waals surface area contributed by atoms with Crippen molar-refractivity contribution in [1.82, 2.24) is 5.43 Å².